The summed E-state index contributed by atoms with van der Waals surface area (Å²) in [4.78, 5) is 46.0. The minimum atomic E-state index is -0.699. The predicted octanol–water partition coefficient (Wildman–Crippen LogP) is -1.02. The summed E-state index contributed by atoms with van der Waals surface area (Å²) in [5.74, 6) is 3.33. The van der Waals surface area contributed by atoms with Gasteiger partial charge in [-0.3, -0.25) is 35.7 Å². The number of nitrogens with zero attached hydrogens (tertiary/aromatic N) is 2. The molecule has 10 heteroatoms. The number of amides is 3. The van der Waals surface area contributed by atoms with Crippen molar-refractivity contribution < 1.29 is 19.3 Å². The summed E-state index contributed by atoms with van der Waals surface area (Å²) < 4.78 is 0. The first-order valence-corrected chi connectivity index (χ1v) is 5.79. The van der Waals surface area contributed by atoms with Crippen LogP contribution < -0.4 is 16.6 Å². The highest BCUT2D eigenvalue weighted by atomic mass is 16.6. The van der Waals surface area contributed by atoms with Crippen LogP contribution in [-0.2, 0) is 9.59 Å². The molecule has 2 rings (SSSR count). The first-order valence-electron chi connectivity index (χ1n) is 5.79. The Hall–Kier alpha value is -3.01. The molecule has 3 amide bonds. The third-order valence-electron chi connectivity index (χ3n) is 2.83. The van der Waals surface area contributed by atoms with E-state index in [4.69, 9.17) is 5.84 Å². The molecule has 0 radical (unpaired) electrons. The number of hydrazine groups is 1. The Bertz CT molecular complexity index is 628. The van der Waals surface area contributed by atoms with Crippen molar-refractivity contribution >= 4 is 29.1 Å². The molecule has 1 fully saturated rings. The van der Waals surface area contributed by atoms with E-state index < -0.39 is 22.6 Å². The van der Waals surface area contributed by atoms with Crippen molar-refractivity contribution in [3.8, 4) is 0 Å². The lowest BCUT2D eigenvalue weighted by Crippen LogP contribution is -2.53. The first kappa shape index (κ1) is 14.4. The summed E-state index contributed by atoms with van der Waals surface area (Å²) in [7, 11) is 0. The maximum atomic E-state index is 12.3. The predicted molar refractivity (Wildman–Crippen MR) is 70.0 cm³/mol. The fraction of sp³-hybridized carbons (Fsp3) is 0.182. The number of imide groups is 1. The van der Waals surface area contributed by atoms with Gasteiger partial charge >= 0.3 is 0 Å². The second-order valence-corrected chi connectivity index (χ2v) is 4.26. The fourth-order valence-electron chi connectivity index (χ4n) is 1.90. The summed E-state index contributed by atoms with van der Waals surface area (Å²) in [6.07, 6.45) is 0. The van der Waals surface area contributed by atoms with Crippen LogP contribution in [-0.4, -0.2) is 40.6 Å². The minimum Gasteiger partial charge on any atom is -0.323 e. The third-order valence-corrected chi connectivity index (χ3v) is 2.83. The number of nitro groups is 1. The Labute approximate surface area is 118 Å². The number of carbonyl (C=O) groups is 3. The Kier molecular flexibility index (Phi) is 3.80. The number of anilines is 1. The summed E-state index contributed by atoms with van der Waals surface area (Å²) in [6.45, 7) is -0.617. The zero-order valence-electron chi connectivity index (χ0n) is 10.7. The number of rotatable bonds is 3. The first-order chi connectivity index (χ1) is 9.92. The molecule has 10 nitrogen and oxygen atoms in total. The van der Waals surface area contributed by atoms with Crippen LogP contribution in [0.25, 0.3) is 0 Å². The number of nitrogens with two attached hydrogens (primary N) is 1. The number of nitrogen functional groups attached to an aromatic ring is 1. The number of hydrogen-bond acceptors (Lipinski definition) is 7. The Morgan fingerprint density at radius 2 is 1.95 bits per heavy atom. The number of nitrogens with one attached hydrogen (secondary N) is 2. The Morgan fingerprint density at radius 1 is 1.33 bits per heavy atom. The lowest BCUT2D eigenvalue weighted by atomic mass is 10.1. The average Bonchev–Trinajstić information content (AvgIpc) is 2.44. The van der Waals surface area contributed by atoms with Crippen molar-refractivity contribution in [3.05, 3.63) is 33.9 Å². The Morgan fingerprint density at radius 3 is 2.48 bits per heavy atom. The molecule has 1 aromatic rings. The minimum absolute atomic E-state index is 0.0887. The van der Waals surface area contributed by atoms with Gasteiger partial charge in [0.1, 0.15) is 13.1 Å². The van der Waals surface area contributed by atoms with Gasteiger partial charge in [0.15, 0.2) is 0 Å². The van der Waals surface area contributed by atoms with Gasteiger partial charge < -0.3 is 10.3 Å². The molecule has 1 saturated heterocycles. The SMILES string of the molecule is NNc1ccc([N+](=O)[O-])cc1C(=O)N1CC(=O)NC(=O)C1. The van der Waals surface area contributed by atoms with Gasteiger partial charge in [-0.15, -0.1) is 0 Å². The van der Waals surface area contributed by atoms with Gasteiger partial charge in [-0.25, -0.2) is 0 Å². The molecule has 21 heavy (non-hydrogen) atoms. The maximum absolute atomic E-state index is 12.3. The van der Waals surface area contributed by atoms with E-state index in [-0.39, 0.29) is 30.0 Å². The van der Waals surface area contributed by atoms with E-state index in [1.54, 1.807) is 0 Å². The highest BCUT2D eigenvalue weighted by molar-refractivity contribution is 6.07. The van der Waals surface area contributed by atoms with E-state index in [1.165, 1.54) is 12.1 Å². The van der Waals surface area contributed by atoms with Crippen LogP contribution in [0.4, 0.5) is 11.4 Å². The fourth-order valence-corrected chi connectivity index (χ4v) is 1.90. The normalized spacial score (nSPS) is 14.6. The molecule has 1 aliphatic rings. The maximum Gasteiger partial charge on any atom is 0.270 e. The van der Waals surface area contributed by atoms with Crippen LogP contribution in [0.15, 0.2) is 18.2 Å². The average molecular weight is 293 g/mol. The molecule has 0 bridgehead atoms. The van der Waals surface area contributed by atoms with Crippen LogP contribution in [0.5, 0.6) is 0 Å². The largest absolute Gasteiger partial charge is 0.323 e. The molecule has 0 atom stereocenters. The summed E-state index contributed by atoms with van der Waals surface area (Å²) in [5, 5.41) is 12.8. The standard InChI is InChI=1S/C11H11N5O5/c12-14-8-2-1-6(16(20)21)3-7(8)11(19)15-4-9(17)13-10(18)5-15/h1-3,14H,4-5,12H2,(H,13,17,18). The summed E-state index contributed by atoms with van der Waals surface area (Å²) in [5.41, 5.74) is 2.02. The van der Waals surface area contributed by atoms with Crippen molar-refractivity contribution in [3.63, 3.8) is 0 Å². The summed E-state index contributed by atoms with van der Waals surface area (Å²) in [6, 6.07) is 3.49. The molecule has 0 aliphatic carbocycles. The molecule has 0 spiro atoms. The van der Waals surface area contributed by atoms with Crippen molar-refractivity contribution in [2.45, 2.75) is 0 Å². The number of hydrogen-bond donors (Lipinski definition) is 3. The van der Waals surface area contributed by atoms with E-state index in [2.05, 4.69) is 10.7 Å². The molecule has 1 aliphatic heterocycles. The number of benzene rings is 1. The molecular formula is C11H11N5O5. The lowest BCUT2D eigenvalue weighted by molar-refractivity contribution is -0.384. The zero-order valence-corrected chi connectivity index (χ0v) is 10.7. The van der Waals surface area contributed by atoms with E-state index in [9.17, 15) is 24.5 Å². The molecule has 0 unspecified atom stereocenters. The van der Waals surface area contributed by atoms with Gasteiger partial charge in [0, 0.05) is 12.1 Å². The van der Waals surface area contributed by atoms with Gasteiger partial charge in [-0.2, -0.15) is 0 Å². The lowest BCUT2D eigenvalue weighted by Gasteiger charge is -2.26. The molecule has 1 heterocycles. The topological polar surface area (TPSA) is 148 Å². The second-order valence-electron chi connectivity index (χ2n) is 4.26. The molecule has 4 N–H and O–H groups in total. The highest BCUT2D eigenvalue weighted by Gasteiger charge is 2.29. The van der Waals surface area contributed by atoms with E-state index in [0.717, 1.165) is 11.0 Å². The van der Waals surface area contributed by atoms with Crippen molar-refractivity contribution in [2.75, 3.05) is 18.5 Å². The monoisotopic (exact) mass is 293 g/mol. The number of nitro benzene ring substituents is 1. The van der Waals surface area contributed by atoms with E-state index in [1.807, 2.05) is 0 Å². The second kappa shape index (κ2) is 5.54. The molecule has 1 aromatic carbocycles. The third kappa shape index (κ3) is 2.95. The van der Waals surface area contributed by atoms with Gasteiger partial charge in [0.2, 0.25) is 11.8 Å². The molecule has 0 aromatic heterocycles. The van der Waals surface area contributed by atoms with Crippen LogP contribution in [0, 0.1) is 10.1 Å². The van der Waals surface area contributed by atoms with Gasteiger partial charge in [-0.05, 0) is 6.07 Å². The highest BCUT2D eigenvalue weighted by Crippen LogP contribution is 2.23. The Balaban J connectivity index is 2.37. The number of non-ortho nitro benzene ring substituents is 1. The number of piperazine rings is 1. The molecule has 0 saturated carbocycles. The molecule has 110 valence electrons. The van der Waals surface area contributed by atoms with Crippen molar-refractivity contribution in [1.82, 2.24) is 10.2 Å². The van der Waals surface area contributed by atoms with Crippen LogP contribution in [0.2, 0.25) is 0 Å². The van der Waals surface area contributed by atoms with Gasteiger partial charge in [-0.1, -0.05) is 0 Å². The van der Waals surface area contributed by atoms with Crippen molar-refractivity contribution in [2.24, 2.45) is 5.84 Å². The summed E-state index contributed by atoms with van der Waals surface area (Å²) >= 11 is 0. The van der Waals surface area contributed by atoms with Crippen molar-refractivity contribution in [1.29, 1.82) is 0 Å². The van der Waals surface area contributed by atoms with E-state index in [0.29, 0.717) is 0 Å². The van der Waals surface area contributed by atoms with E-state index >= 15 is 0 Å². The van der Waals surface area contributed by atoms with Gasteiger partial charge in [0.25, 0.3) is 11.6 Å². The van der Waals surface area contributed by atoms with Crippen LogP contribution >= 0.6 is 0 Å². The molecular weight excluding hydrogens is 282 g/mol. The van der Waals surface area contributed by atoms with Gasteiger partial charge in [0.05, 0.1) is 16.2 Å². The smallest absolute Gasteiger partial charge is 0.270 e. The van der Waals surface area contributed by atoms with Crippen LogP contribution in [0.1, 0.15) is 10.4 Å². The quantitative estimate of drug-likeness (QED) is 0.279. The number of carbonyl (C=O) groups excluding carboxylic acids is 3. The zero-order chi connectivity index (χ0) is 15.6. The van der Waals surface area contributed by atoms with Crippen LogP contribution in [0.3, 0.4) is 0 Å².